The topological polar surface area (TPSA) is 79.2 Å². The van der Waals surface area contributed by atoms with Crippen LogP contribution < -0.4 is 11.3 Å². The summed E-state index contributed by atoms with van der Waals surface area (Å²) in [6.45, 7) is 5.16. The zero-order valence-corrected chi connectivity index (χ0v) is 12.0. The molecule has 1 aromatic heterocycles. The quantitative estimate of drug-likeness (QED) is 0.838. The van der Waals surface area contributed by atoms with E-state index in [0.717, 1.165) is 30.5 Å². The minimum atomic E-state index is -0.289. The van der Waals surface area contributed by atoms with Crippen LogP contribution in [0.3, 0.4) is 0 Å². The molecule has 0 aromatic carbocycles. The molecule has 3 N–H and O–H groups in total. The Bertz CT molecular complexity index is 622. The maximum atomic E-state index is 12.5. The van der Waals surface area contributed by atoms with Crippen LogP contribution in [0.25, 0.3) is 0 Å². The molecule has 2 heterocycles. The molecule has 0 bridgehead atoms. The standard InChI is InChI=1S/C15H21N3O2/c1-3-12-9(2)6-11(13(19)17-12)14(20)18-7-10-4-5-15(10,16)8-18/h6,10H,3-5,7-8,16H2,1-2H3,(H,17,19)/t10-,15-/m0/s1. The van der Waals surface area contributed by atoms with Crippen LogP contribution in [0.5, 0.6) is 0 Å². The number of hydrogen-bond acceptors (Lipinski definition) is 3. The molecule has 2 fully saturated rings. The van der Waals surface area contributed by atoms with Gasteiger partial charge in [-0.05, 0) is 43.7 Å². The number of aromatic amines is 1. The van der Waals surface area contributed by atoms with Gasteiger partial charge in [-0.3, -0.25) is 9.59 Å². The third-order valence-corrected chi connectivity index (χ3v) is 4.91. The molecular weight excluding hydrogens is 254 g/mol. The van der Waals surface area contributed by atoms with Crippen molar-refractivity contribution in [2.45, 2.75) is 38.6 Å². The van der Waals surface area contributed by atoms with Gasteiger partial charge in [-0.15, -0.1) is 0 Å². The Kier molecular flexibility index (Phi) is 2.97. The van der Waals surface area contributed by atoms with Gasteiger partial charge in [0, 0.05) is 24.3 Å². The smallest absolute Gasteiger partial charge is 0.261 e. The number of carbonyl (C=O) groups is 1. The molecule has 108 valence electrons. The molecule has 1 amide bonds. The van der Waals surface area contributed by atoms with Gasteiger partial charge in [0.05, 0.1) is 0 Å². The molecule has 1 saturated heterocycles. The number of fused-ring (bicyclic) bond motifs is 1. The van der Waals surface area contributed by atoms with Crippen molar-refractivity contribution < 1.29 is 4.79 Å². The highest BCUT2D eigenvalue weighted by Crippen LogP contribution is 2.42. The number of likely N-dealkylation sites (tertiary alicyclic amines) is 1. The number of nitrogens with zero attached hydrogens (tertiary/aromatic N) is 1. The van der Waals surface area contributed by atoms with E-state index < -0.39 is 0 Å². The number of amides is 1. The van der Waals surface area contributed by atoms with E-state index in [1.807, 2.05) is 13.8 Å². The van der Waals surface area contributed by atoms with Gasteiger partial charge in [0.2, 0.25) is 0 Å². The number of nitrogens with two attached hydrogens (primary N) is 1. The van der Waals surface area contributed by atoms with Crippen LogP contribution in [-0.2, 0) is 6.42 Å². The normalized spacial score (nSPS) is 28.1. The Morgan fingerprint density at radius 2 is 2.35 bits per heavy atom. The molecule has 5 nitrogen and oxygen atoms in total. The van der Waals surface area contributed by atoms with Crippen molar-refractivity contribution in [2.75, 3.05) is 13.1 Å². The van der Waals surface area contributed by atoms with Crippen molar-refractivity contribution in [1.29, 1.82) is 0 Å². The number of hydrogen-bond donors (Lipinski definition) is 2. The second-order valence-corrected chi connectivity index (χ2v) is 6.18. The largest absolute Gasteiger partial charge is 0.336 e. The SMILES string of the molecule is CCc1[nH]c(=O)c(C(=O)N2C[C@@H]3CC[C@]3(N)C2)cc1C. The lowest BCUT2D eigenvalue weighted by atomic mass is 9.70. The first-order valence-corrected chi connectivity index (χ1v) is 7.25. The molecule has 2 atom stereocenters. The lowest BCUT2D eigenvalue weighted by Crippen LogP contribution is -2.54. The Labute approximate surface area is 118 Å². The van der Waals surface area contributed by atoms with Crippen molar-refractivity contribution >= 4 is 5.91 Å². The van der Waals surface area contributed by atoms with Crippen molar-refractivity contribution in [3.8, 4) is 0 Å². The maximum Gasteiger partial charge on any atom is 0.261 e. The molecule has 0 unspecified atom stereocenters. The summed E-state index contributed by atoms with van der Waals surface area (Å²) in [4.78, 5) is 29.2. The fourth-order valence-electron chi connectivity index (χ4n) is 3.41. The third kappa shape index (κ3) is 1.88. The summed E-state index contributed by atoms with van der Waals surface area (Å²) in [7, 11) is 0. The average molecular weight is 275 g/mol. The number of carbonyl (C=O) groups excluding carboxylic acids is 1. The minimum Gasteiger partial charge on any atom is -0.336 e. The maximum absolute atomic E-state index is 12.5. The van der Waals surface area contributed by atoms with Gasteiger partial charge in [0.25, 0.3) is 11.5 Å². The summed E-state index contributed by atoms with van der Waals surface area (Å²) in [5.41, 5.74) is 7.84. The van der Waals surface area contributed by atoms with Crippen molar-refractivity contribution in [1.82, 2.24) is 9.88 Å². The number of aryl methyl sites for hydroxylation is 2. The van der Waals surface area contributed by atoms with E-state index >= 15 is 0 Å². The summed E-state index contributed by atoms with van der Waals surface area (Å²) in [5, 5.41) is 0. The lowest BCUT2D eigenvalue weighted by Gasteiger charge is -2.39. The van der Waals surface area contributed by atoms with E-state index in [4.69, 9.17) is 5.73 Å². The summed E-state index contributed by atoms with van der Waals surface area (Å²) in [5.74, 6) is 0.220. The van der Waals surface area contributed by atoms with Gasteiger partial charge in [-0.1, -0.05) is 6.92 Å². The average Bonchev–Trinajstić information content (AvgIpc) is 2.64. The summed E-state index contributed by atoms with van der Waals surface area (Å²) in [6.07, 6.45) is 2.82. The number of pyridine rings is 1. The van der Waals surface area contributed by atoms with Crippen LogP contribution in [0.4, 0.5) is 0 Å². The number of nitrogens with one attached hydrogen (secondary N) is 1. The zero-order valence-electron chi connectivity index (χ0n) is 12.0. The van der Waals surface area contributed by atoms with Gasteiger partial charge in [-0.25, -0.2) is 0 Å². The number of rotatable bonds is 2. The highest BCUT2D eigenvalue weighted by atomic mass is 16.2. The van der Waals surface area contributed by atoms with Crippen LogP contribution in [0.2, 0.25) is 0 Å². The van der Waals surface area contributed by atoms with E-state index in [1.165, 1.54) is 0 Å². The van der Waals surface area contributed by atoms with E-state index in [0.29, 0.717) is 19.0 Å². The fourth-order valence-corrected chi connectivity index (χ4v) is 3.41. The van der Waals surface area contributed by atoms with Crippen LogP contribution in [0.1, 0.15) is 41.4 Å². The molecular formula is C15H21N3O2. The van der Waals surface area contributed by atoms with Crippen molar-refractivity contribution in [3.63, 3.8) is 0 Å². The zero-order chi connectivity index (χ0) is 14.5. The Balaban J connectivity index is 1.88. The number of aromatic nitrogens is 1. The molecule has 2 aliphatic rings. The van der Waals surface area contributed by atoms with Gasteiger partial charge >= 0.3 is 0 Å². The van der Waals surface area contributed by atoms with E-state index in [1.54, 1.807) is 11.0 Å². The monoisotopic (exact) mass is 275 g/mol. The van der Waals surface area contributed by atoms with Gasteiger partial charge < -0.3 is 15.6 Å². The van der Waals surface area contributed by atoms with E-state index in [2.05, 4.69) is 4.98 Å². The van der Waals surface area contributed by atoms with Gasteiger partial charge in [0.15, 0.2) is 0 Å². The minimum absolute atomic E-state index is 0.184. The predicted octanol–water partition coefficient (Wildman–Crippen LogP) is 0.809. The third-order valence-electron chi connectivity index (χ3n) is 4.91. The summed E-state index contributed by atoms with van der Waals surface area (Å²) in [6, 6.07) is 1.71. The van der Waals surface area contributed by atoms with Crippen LogP contribution in [-0.4, -0.2) is 34.4 Å². The molecule has 1 aliphatic carbocycles. The number of H-pyrrole nitrogens is 1. The summed E-state index contributed by atoms with van der Waals surface area (Å²) >= 11 is 0. The molecule has 5 heteroatoms. The van der Waals surface area contributed by atoms with Crippen molar-refractivity contribution in [3.05, 3.63) is 33.2 Å². The van der Waals surface area contributed by atoms with Crippen LogP contribution in [0, 0.1) is 12.8 Å². The predicted molar refractivity (Wildman–Crippen MR) is 76.7 cm³/mol. The Morgan fingerprint density at radius 3 is 2.85 bits per heavy atom. The molecule has 1 aliphatic heterocycles. The van der Waals surface area contributed by atoms with E-state index in [-0.39, 0.29) is 22.6 Å². The lowest BCUT2D eigenvalue weighted by molar-refractivity contribution is 0.0783. The van der Waals surface area contributed by atoms with Gasteiger partial charge in [0.1, 0.15) is 5.56 Å². The second-order valence-electron chi connectivity index (χ2n) is 6.18. The first-order chi connectivity index (χ1) is 9.44. The molecule has 0 radical (unpaired) electrons. The molecule has 0 spiro atoms. The Morgan fingerprint density at radius 1 is 1.60 bits per heavy atom. The van der Waals surface area contributed by atoms with Gasteiger partial charge in [-0.2, -0.15) is 0 Å². The first kappa shape index (κ1) is 13.4. The molecule has 1 aromatic rings. The van der Waals surface area contributed by atoms with Crippen LogP contribution >= 0.6 is 0 Å². The van der Waals surface area contributed by atoms with Crippen molar-refractivity contribution in [2.24, 2.45) is 11.7 Å². The summed E-state index contributed by atoms with van der Waals surface area (Å²) < 4.78 is 0. The van der Waals surface area contributed by atoms with Crippen LogP contribution in [0.15, 0.2) is 10.9 Å². The second kappa shape index (κ2) is 4.45. The highest BCUT2D eigenvalue weighted by molar-refractivity contribution is 5.94. The molecule has 20 heavy (non-hydrogen) atoms. The highest BCUT2D eigenvalue weighted by Gasteiger charge is 2.51. The molecule has 1 saturated carbocycles. The fraction of sp³-hybridized carbons (Fsp3) is 0.600. The van der Waals surface area contributed by atoms with E-state index in [9.17, 15) is 9.59 Å². The molecule has 3 rings (SSSR count). The first-order valence-electron chi connectivity index (χ1n) is 7.25. The Hall–Kier alpha value is -1.62.